The molecule has 3 aromatic rings. The molecule has 2 aromatic carbocycles. The van der Waals surface area contributed by atoms with Crippen molar-refractivity contribution in [3.05, 3.63) is 78.1 Å². The lowest BCUT2D eigenvalue weighted by molar-refractivity contribution is -0.121. The largest absolute Gasteiger partial charge is 0.441 e. The van der Waals surface area contributed by atoms with Gasteiger partial charge in [0.15, 0.2) is 11.7 Å². The molecule has 134 valence electrons. The lowest BCUT2D eigenvalue weighted by Gasteiger charge is -2.05. The molecule has 3 rings (SSSR count). The van der Waals surface area contributed by atoms with E-state index in [9.17, 15) is 9.18 Å². The number of nitrogens with zero attached hydrogens (tertiary/aromatic N) is 1. The minimum atomic E-state index is -0.255. The van der Waals surface area contributed by atoms with Crippen LogP contribution in [0.3, 0.4) is 0 Å². The monoisotopic (exact) mass is 352 g/mol. The Bertz CT molecular complexity index is 846. The van der Waals surface area contributed by atoms with Gasteiger partial charge in [0.2, 0.25) is 5.91 Å². The number of amides is 1. The van der Waals surface area contributed by atoms with E-state index in [-0.39, 0.29) is 11.7 Å². The van der Waals surface area contributed by atoms with Crippen molar-refractivity contribution in [2.45, 2.75) is 25.7 Å². The van der Waals surface area contributed by atoms with Crippen LogP contribution in [0.5, 0.6) is 0 Å². The smallest absolute Gasteiger partial charge is 0.220 e. The molecule has 0 aliphatic heterocycles. The summed E-state index contributed by atoms with van der Waals surface area (Å²) in [6.45, 7) is 0.499. The van der Waals surface area contributed by atoms with Gasteiger partial charge in [-0.25, -0.2) is 9.37 Å². The number of carbonyl (C=O) groups is 1. The van der Waals surface area contributed by atoms with Crippen molar-refractivity contribution < 1.29 is 13.6 Å². The zero-order valence-corrected chi connectivity index (χ0v) is 14.5. The fourth-order valence-corrected chi connectivity index (χ4v) is 2.69. The van der Waals surface area contributed by atoms with Gasteiger partial charge in [0.25, 0.3) is 0 Å². The van der Waals surface area contributed by atoms with Crippen molar-refractivity contribution in [3.8, 4) is 11.3 Å². The number of oxazole rings is 1. The number of carbonyl (C=O) groups excluding carboxylic acids is 1. The molecule has 0 spiro atoms. The molecule has 0 bridgehead atoms. The van der Waals surface area contributed by atoms with E-state index in [1.807, 2.05) is 36.4 Å². The molecule has 1 N–H and O–H groups in total. The number of benzene rings is 2. The summed E-state index contributed by atoms with van der Waals surface area (Å²) in [6.07, 6.45) is 4.02. The van der Waals surface area contributed by atoms with Crippen molar-refractivity contribution in [2.24, 2.45) is 0 Å². The van der Waals surface area contributed by atoms with Gasteiger partial charge in [-0.15, -0.1) is 0 Å². The van der Waals surface area contributed by atoms with E-state index in [4.69, 9.17) is 4.42 Å². The molecule has 0 atom stereocenters. The Morgan fingerprint density at radius 3 is 2.73 bits per heavy atom. The maximum absolute atomic E-state index is 13.1. The number of hydrogen-bond acceptors (Lipinski definition) is 3. The molecule has 1 amide bonds. The molecule has 0 fully saturated rings. The first-order valence-electron chi connectivity index (χ1n) is 8.72. The number of aryl methyl sites for hydroxylation is 1. The van der Waals surface area contributed by atoms with Gasteiger partial charge in [0.05, 0.1) is 6.20 Å². The highest BCUT2D eigenvalue weighted by Crippen LogP contribution is 2.20. The molecule has 0 aliphatic rings. The average molecular weight is 352 g/mol. The summed E-state index contributed by atoms with van der Waals surface area (Å²) in [7, 11) is 0. The van der Waals surface area contributed by atoms with E-state index in [0.717, 1.165) is 16.9 Å². The van der Waals surface area contributed by atoms with Gasteiger partial charge in [-0.05, 0) is 30.5 Å². The molecule has 26 heavy (non-hydrogen) atoms. The Kier molecular flexibility index (Phi) is 6.14. The average Bonchev–Trinajstić information content (AvgIpc) is 3.11. The summed E-state index contributed by atoms with van der Waals surface area (Å²) >= 11 is 0. The Morgan fingerprint density at radius 1 is 1.08 bits per heavy atom. The van der Waals surface area contributed by atoms with E-state index in [1.165, 1.54) is 12.1 Å². The molecular weight excluding hydrogens is 331 g/mol. The Hall–Kier alpha value is -2.95. The highest BCUT2D eigenvalue weighted by Gasteiger charge is 2.07. The van der Waals surface area contributed by atoms with Gasteiger partial charge >= 0.3 is 0 Å². The molecule has 0 unspecified atom stereocenters. The van der Waals surface area contributed by atoms with Crippen LogP contribution in [0.4, 0.5) is 4.39 Å². The zero-order valence-electron chi connectivity index (χ0n) is 14.5. The van der Waals surface area contributed by atoms with Gasteiger partial charge in [0, 0.05) is 24.9 Å². The first-order chi connectivity index (χ1) is 12.7. The van der Waals surface area contributed by atoms with Gasteiger partial charge in [-0.3, -0.25) is 4.79 Å². The molecule has 1 heterocycles. The van der Waals surface area contributed by atoms with Crippen molar-refractivity contribution in [1.29, 1.82) is 0 Å². The Morgan fingerprint density at radius 2 is 1.92 bits per heavy atom. The van der Waals surface area contributed by atoms with E-state index in [1.54, 1.807) is 12.3 Å². The van der Waals surface area contributed by atoms with Gasteiger partial charge in [0.1, 0.15) is 5.82 Å². The zero-order chi connectivity index (χ0) is 18.2. The van der Waals surface area contributed by atoms with Crippen LogP contribution < -0.4 is 5.32 Å². The molecular formula is C21H21FN2O2. The molecule has 0 saturated heterocycles. The fraction of sp³-hybridized carbons (Fsp3) is 0.238. The molecule has 1 aromatic heterocycles. The van der Waals surface area contributed by atoms with Gasteiger partial charge in [-0.2, -0.15) is 0 Å². The van der Waals surface area contributed by atoms with Crippen LogP contribution >= 0.6 is 0 Å². The SMILES string of the molecule is O=C(CCCc1ncc(-c2ccccc2)o1)NCCc1cccc(F)c1. The van der Waals surface area contributed by atoms with E-state index >= 15 is 0 Å². The van der Waals surface area contributed by atoms with Crippen LogP contribution in [0.25, 0.3) is 11.3 Å². The highest BCUT2D eigenvalue weighted by atomic mass is 19.1. The predicted octanol–water partition coefficient (Wildman–Crippen LogP) is 4.16. The number of aromatic nitrogens is 1. The lowest BCUT2D eigenvalue weighted by Crippen LogP contribution is -2.25. The standard InChI is InChI=1S/C21H21FN2O2/c22-18-9-4-6-16(14-18)12-13-23-20(25)10-5-11-21-24-15-19(26-21)17-7-2-1-3-8-17/h1-4,6-9,14-15H,5,10-13H2,(H,23,25). The summed E-state index contributed by atoms with van der Waals surface area (Å²) in [5, 5.41) is 2.86. The Balaban J connectivity index is 1.37. The van der Waals surface area contributed by atoms with E-state index < -0.39 is 0 Å². The van der Waals surface area contributed by atoms with Gasteiger partial charge < -0.3 is 9.73 Å². The molecule has 0 saturated carbocycles. The third-order valence-corrected chi connectivity index (χ3v) is 4.03. The maximum Gasteiger partial charge on any atom is 0.220 e. The molecule has 4 nitrogen and oxygen atoms in total. The second-order valence-corrected chi connectivity index (χ2v) is 6.07. The van der Waals surface area contributed by atoms with E-state index in [0.29, 0.717) is 38.1 Å². The minimum absolute atomic E-state index is 0.0174. The van der Waals surface area contributed by atoms with Crippen molar-refractivity contribution in [3.63, 3.8) is 0 Å². The van der Waals surface area contributed by atoms with Crippen molar-refractivity contribution in [1.82, 2.24) is 10.3 Å². The number of hydrogen-bond donors (Lipinski definition) is 1. The molecule has 5 heteroatoms. The van der Waals surface area contributed by atoms with Crippen LogP contribution in [0.1, 0.15) is 24.3 Å². The summed E-state index contributed by atoms with van der Waals surface area (Å²) in [5.74, 6) is 1.10. The van der Waals surface area contributed by atoms with Crippen LogP contribution in [-0.4, -0.2) is 17.4 Å². The first kappa shape index (κ1) is 17.9. The lowest BCUT2D eigenvalue weighted by atomic mass is 10.1. The second kappa shape index (κ2) is 8.94. The minimum Gasteiger partial charge on any atom is -0.441 e. The number of rotatable bonds is 8. The van der Waals surface area contributed by atoms with Crippen LogP contribution in [0.15, 0.2) is 65.2 Å². The fourth-order valence-electron chi connectivity index (χ4n) is 2.69. The van der Waals surface area contributed by atoms with E-state index in [2.05, 4.69) is 10.3 Å². The second-order valence-electron chi connectivity index (χ2n) is 6.07. The van der Waals surface area contributed by atoms with Crippen molar-refractivity contribution >= 4 is 5.91 Å². The molecule has 0 radical (unpaired) electrons. The maximum atomic E-state index is 13.1. The predicted molar refractivity (Wildman–Crippen MR) is 98.0 cm³/mol. The summed E-state index contributed by atoms with van der Waals surface area (Å²) in [4.78, 5) is 16.1. The quantitative estimate of drug-likeness (QED) is 0.662. The normalized spacial score (nSPS) is 10.7. The number of nitrogens with one attached hydrogen (secondary N) is 1. The van der Waals surface area contributed by atoms with Crippen LogP contribution in [0, 0.1) is 5.82 Å². The van der Waals surface area contributed by atoms with Crippen LogP contribution in [0.2, 0.25) is 0 Å². The van der Waals surface area contributed by atoms with Gasteiger partial charge in [-0.1, -0.05) is 42.5 Å². The highest BCUT2D eigenvalue weighted by molar-refractivity contribution is 5.75. The third-order valence-electron chi connectivity index (χ3n) is 4.03. The van der Waals surface area contributed by atoms with Crippen LogP contribution in [-0.2, 0) is 17.6 Å². The topological polar surface area (TPSA) is 55.1 Å². The summed E-state index contributed by atoms with van der Waals surface area (Å²) < 4.78 is 18.8. The molecule has 0 aliphatic carbocycles. The van der Waals surface area contributed by atoms with Crippen molar-refractivity contribution in [2.75, 3.05) is 6.54 Å². The first-order valence-corrected chi connectivity index (χ1v) is 8.72. The Labute approximate surface area is 152 Å². The summed E-state index contributed by atoms with van der Waals surface area (Å²) in [6, 6.07) is 16.2. The third kappa shape index (κ3) is 5.28. The number of halogens is 1. The summed E-state index contributed by atoms with van der Waals surface area (Å²) in [5.41, 5.74) is 1.86.